The molecule has 2 fully saturated rings. The maximum absolute atomic E-state index is 11.2. The molecule has 29 heavy (non-hydrogen) atoms. The van der Waals surface area contributed by atoms with Gasteiger partial charge in [0.15, 0.2) is 0 Å². The Morgan fingerprint density at radius 2 is 2.03 bits per heavy atom. The predicted molar refractivity (Wildman–Crippen MR) is 112 cm³/mol. The van der Waals surface area contributed by atoms with Gasteiger partial charge >= 0.3 is 0 Å². The number of carbonyl (C=O) groups excluding carboxylic acids is 1. The summed E-state index contributed by atoms with van der Waals surface area (Å²) < 4.78 is 12.0. The lowest BCUT2D eigenvalue weighted by Crippen LogP contribution is -2.25. The van der Waals surface area contributed by atoms with E-state index in [1.165, 1.54) is 19.8 Å². The van der Waals surface area contributed by atoms with Crippen LogP contribution in [0.25, 0.3) is 0 Å². The lowest BCUT2D eigenvalue weighted by Gasteiger charge is -2.20. The van der Waals surface area contributed by atoms with E-state index in [-0.39, 0.29) is 18.1 Å². The second-order valence-electron chi connectivity index (χ2n) is 8.07. The molecule has 154 valence electrons. The largest absolute Gasteiger partial charge is 0.489 e. The Balaban J connectivity index is 1.30. The number of nitrogens with one attached hydrogen (secondary N) is 1. The molecular weight excluding hydrogens is 366 g/mol. The maximum Gasteiger partial charge on any atom is 0.217 e. The fourth-order valence-electron chi connectivity index (χ4n) is 3.64. The van der Waals surface area contributed by atoms with Gasteiger partial charge in [-0.25, -0.2) is 4.98 Å². The van der Waals surface area contributed by atoms with Crippen LogP contribution in [0.5, 0.6) is 11.6 Å². The van der Waals surface area contributed by atoms with E-state index in [2.05, 4.69) is 15.2 Å². The summed E-state index contributed by atoms with van der Waals surface area (Å²) in [7, 11) is 0. The number of aromatic nitrogens is 1. The first kappa shape index (κ1) is 19.6. The maximum atomic E-state index is 11.2. The van der Waals surface area contributed by atoms with Gasteiger partial charge in [0.1, 0.15) is 11.9 Å². The second kappa shape index (κ2) is 8.72. The number of benzene rings is 1. The molecule has 0 bridgehead atoms. The molecule has 2 atom stereocenters. The highest BCUT2D eigenvalue weighted by Gasteiger charge is 2.25. The number of nitrogens with zero attached hydrogens (tertiary/aromatic N) is 2. The van der Waals surface area contributed by atoms with Crippen molar-refractivity contribution < 1.29 is 14.3 Å². The Bertz CT molecular complexity index is 836. The Kier molecular flexibility index (Phi) is 5.88. The van der Waals surface area contributed by atoms with Gasteiger partial charge in [-0.2, -0.15) is 0 Å². The third-order valence-corrected chi connectivity index (χ3v) is 5.50. The van der Waals surface area contributed by atoms with Gasteiger partial charge in [-0.1, -0.05) is 12.1 Å². The van der Waals surface area contributed by atoms with Crippen molar-refractivity contribution >= 4 is 11.6 Å². The first-order valence-electron chi connectivity index (χ1n) is 10.4. The van der Waals surface area contributed by atoms with Crippen molar-refractivity contribution in [1.29, 1.82) is 0 Å². The molecule has 1 saturated carbocycles. The average molecular weight is 396 g/mol. The Morgan fingerprint density at radius 1 is 1.24 bits per heavy atom. The molecule has 1 aromatic heterocycles. The van der Waals surface area contributed by atoms with Crippen LogP contribution in [0.3, 0.4) is 0 Å². The van der Waals surface area contributed by atoms with Gasteiger partial charge in [-0.15, -0.1) is 0 Å². The highest BCUT2D eigenvalue weighted by Crippen LogP contribution is 2.30. The van der Waals surface area contributed by atoms with Gasteiger partial charge in [-0.3, -0.25) is 4.79 Å². The molecule has 1 aromatic carbocycles. The van der Waals surface area contributed by atoms with Crippen LogP contribution in [0, 0.1) is 5.92 Å². The number of ether oxygens (including phenoxy) is 2. The zero-order chi connectivity index (χ0) is 20.2. The smallest absolute Gasteiger partial charge is 0.217 e. The summed E-state index contributed by atoms with van der Waals surface area (Å²) in [4.78, 5) is 17.9. The van der Waals surface area contributed by atoms with Crippen LogP contribution in [0.15, 0.2) is 42.6 Å². The van der Waals surface area contributed by atoms with Crippen molar-refractivity contribution in [3.63, 3.8) is 0 Å². The van der Waals surface area contributed by atoms with E-state index in [0.717, 1.165) is 49.0 Å². The SMILES string of the molecule is CC(=O)N[C@@H](C)c1ccc(O[C@@H]2CCN(c3ccnc(OCC4CC4)c3)C2)cc1. The van der Waals surface area contributed by atoms with Crippen molar-refractivity contribution in [2.45, 2.75) is 45.3 Å². The van der Waals surface area contributed by atoms with Crippen LogP contribution < -0.4 is 19.7 Å². The first-order chi connectivity index (χ1) is 14.1. The first-order valence-corrected chi connectivity index (χ1v) is 10.4. The number of carbonyl (C=O) groups is 1. The number of anilines is 1. The van der Waals surface area contributed by atoms with Crippen molar-refractivity contribution in [3.05, 3.63) is 48.2 Å². The lowest BCUT2D eigenvalue weighted by atomic mass is 10.1. The predicted octanol–water partition coefficient (Wildman–Crippen LogP) is 3.73. The molecule has 1 N–H and O–H groups in total. The van der Waals surface area contributed by atoms with Crippen LogP contribution in [0.2, 0.25) is 0 Å². The third-order valence-electron chi connectivity index (χ3n) is 5.50. The molecule has 2 heterocycles. The lowest BCUT2D eigenvalue weighted by molar-refractivity contribution is -0.119. The number of hydrogen-bond acceptors (Lipinski definition) is 5. The van der Waals surface area contributed by atoms with E-state index in [1.807, 2.05) is 49.5 Å². The quantitative estimate of drug-likeness (QED) is 0.738. The number of rotatable bonds is 8. The van der Waals surface area contributed by atoms with E-state index in [4.69, 9.17) is 9.47 Å². The molecule has 4 rings (SSSR count). The summed E-state index contributed by atoms with van der Waals surface area (Å²) in [6.07, 6.45) is 5.50. The van der Waals surface area contributed by atoms with Gasteiger partial charge in [0.25, 0.3) is 0 Å². The molecule has 0 radical (unpaired) electrons. The number of pyridine rings is 1. The van der Waals surface area contributed by atoms with Gasteiger partial charge in [-0.05, 0) is 49.4 Å². The molecule has 6 nitrogen and oxygen atoms in total. The van der Waals surface area contributed by atoms with Crippen molar-refractivity contribution in [3.8, 4) is 11.6 Å². The molecule has 6 heteroatoms. The molecule has 2 aromatic rings. The Hall–Kier alpha value is -2.76. The zero-order valence-corrected chi connectivity index (χ0v) is 17.1. The summed E-state index contributed by atoms with van der Waals surface area (Å²) in [6, 6.07) is 12.0. The molecule has 1 saturated heterocycles. The van der Waals surface area contributed by atoms with Crippen LogP contribution >= 0.6 is 0 Å². The summed E-state index contributed by atoms with van der Waals surface area (Å²) >= 11 is 0. The number of amides is 1. The van der Waals surface area contributed by atoms with Crippen molar-refractivity contribution in [2.24, 2.45) is 5.92 Å². The average Bonchev–Trinajstić information content (AvgIpc) is 3.43. The highest BCUT2D eigenvalue weighted by molar-refractivity contribution is 5.73. The van der Waals surface area contributed by atoms with Crippen molar-refractivity contribution in [1.82, 2.24) is 10.3 Å². The van der Waals surface area contributed by atoms with Crippen LogP contribution in [0.4, 0.5) is 5.69 Å². The third kappa shape index (κ3) is 5.40. The van der Waals surface area contributed by atoms with Crippen LogP contribution in [-0.2, 0) is 4.79 Å². The second-order valence-corrected chi connectivity index (χ2v) is 8.07. The van der Waals surface area contributed by atoms with Crippen molar-refractivity contribution in [2.75, 3.05) is 24.6 Å². The summed E-state index contributed by atoms with van der Waals surface area (Å²) in [6.45, 7) is 6.08. The molecule has 1 aliphatic heterocycles. The van der Waals surface area contributed by atoms with E-state index in [9.17, 15) is 4.79 Å². The minimum Gasteiger partial charge on any atom is -0.489 e. The topological polar surface area (TPSA) is 63.7 Å². The van der Waals surface area contributed by atoms with Crippen LogP contribution in [0.1, 0.15) is 44.7 Å². The molecule has 0 spiro atoms. The fourth-order valence-corrected chi connectivity index (χ4v) is 3.64. The molecule has 0 unspecified atom stereocenters. The molecular formula is C23H29N3O3. The summed E-state index contributed by atoms with van der Waals surface area (Å²) in [5.74, 6) is 2.26. The molecule has 2 aliphatic rings. The number of hydrogen-bond donors (Lipinski definition) is 1. The fraction of sp³-hybridized carbons (Fsp3) is 0.478. The standard InChI is InChI=1S/C23H29N3O3/c1-16(25-17(2)27)19-5-7-21(8-6-19)29-22-10-12-26(14-22)20-9-11-24-23(13-20)28-15-18-3-4-18/h5-9,11,13,16,18,22H,3-4,10,12,14-15H2,1-2H3,(H,25,27)/t16-,22+/m0/s1. The van der Waals surface area contributed by atoms with Gasteiger partial charge in [0.2, 0.25) is 11.8 Å². The van der Waals surface area contributed by atoms with Gasteiger partial charge < -0.3 is 19.7 Å². The monoisotopic (exact) mass is 395 g/mol. The van der Waals surface area contributed by atoms with E-state index < -0.39 is 0 Å². The summed E-state index contributed by atoms with van der Waals surface area (Å²) in [5.41, 5.74) is 2.20. The Morgan fingerprint density at radius 3 is 2.76 bits per heavy atom. The van der Waals surface area contributed by atoms with Gasteiger partial charge in [0.05, 0.1) is 19.2 Å². The van der Waals surface area contributed by atoms with E-state index in [1.54, 1.807) is 0 Å². The van der Waals surface area contributed by atoms with E-state index >= 15 is 0 Å². The van der Waals surface area contributed by atoms with E-state index in [0.29, 0.717) is 5.88 Å². The normalized spacial score (nSPS) is 19.7. The highest BCUT2D eigenvalue weighted by atomic mass is 16.5. The summed E-state index contributed by atoms with van der Waals surface area (Å²) in [5, 5.41) is 2.90. The Labute approximate surface area is 172 Å². The molecule has 1 aliphatic carbocycles. The van der Waals surface area contributed by atoms with Gasteiger partial charge in [0, 0.05) is 37.8 Å². The zero-order valence-electron chi connectivity index (χ0n) is 17.1. The minimum absolute atomic E-state index is 0.00783. The molecule has 1 amide bonds. The van der Waals surface area contributed by atoms with Crippen LogP contribution in [-0.4, -0.2) is 36.7 Å². The minimum atomic E-state index is -0.0268.